The smallest absolute Gasteiger partial charge is 0.245 e. The molecule has 2 fully saturated rings. The molecule has 27 heavy (non-hydrogen) atoms. The first-order chi connectivity index (χ1) is 13.0. The zero-order valence-electron chi connectivity index (χ0n) is 15.2. The van der Waals surface area contributed by atoms with Gasteiger partial charge in [0, 0.05) is 6.42 Å². The van der Waals surface area contributed by atoms with Crippen LogP contribution in [0, 0.1) is 12.8 Å². The number of carbonyl (C=O) groups excluding carboxylic acids is 1. The number of sulfonamides is 1. The summed E-state index contributed by atoms with van der Waals surface area (Å²) in [6.07, 6.45) is 1.22. The molecule has 1 aliphatic heterocycles. The minimum absolute atomic E-state index is 0.0952. The molecule has 5 nitrogen and oxygen atoms in total. The Morgan fingerprint density at radius 1 is 1.04 bits per heavy atom. The summed E-state index contributed by atoms with van der Waals surface area (Å²) < 4.78 is 34.5. The lowest BCUT2D eigenvalue weighted by molar-refractivity contribution is -0.125. The SMILES string of the molecule is Cc1ccc(S(=O)(=O)N2[C@@H](c3ccccc3)CO[C@H]2[C@@H]2CCCC2=O)cc1. The van der Waals surface area contributed by atoms with Crippen molar-refractivity contribution < 1.29 is 17.9 Å². The van der Waals surface area contributed by atoms with Crippen LogP contribution in [0.15, 0.2) is 59.5 Å². The van der Waals surface area contributed by atoms with Crippen LogP contribution in [0.25, 0.3) is 0 Å². The minimum Gasteiger partial charge on any atom is -0.359 e. The summed E-state index contributed by atoms with van der Waals surface area (Å²) in [5.41, 5.74) is 1.87. The van der Waals surface area contributed by atoms with Gasteiger partial charge in [-0.2, -0.15) is 4.31 Å². The third-order valence-electron chi connectivity index (χ3n) is 5.46. The van der Waals surface area contributed by atoms with Crippen molar-refractivity contribution >= 4 is 15.8 Å². The van der Waals surface area contributed by atoms with Gasteiger partial charge in [0.2, 0.25) is 10.0 Å². The molecule has 1 saturated carbocycles. The number of benzene rings is 2. The maximum atomic E-state index is 13.5. The number of nitrogens with zero attached hydrogens (tertiary/aromatic N) is 1. The third kappa shape index (κ3) is 3.33. The molecule has 2 aromatic rings. The van der Waals surface area contributed by atoms with E-state index >= 15 is 0 Å². The molecule has 0 bridgehead atoms. The highest BCUT2D eigenvalue weighted by Crippen LogP contribution is 2.41. The lowest BCUT2D eigenvalue weighted by atomic mass is 10.0. The summed E-state index contributed by atoms with van der Waals surface area (Å²) in [5.74, 6) is -0.295. The molecule has 4 rings (SSSR count). The fourth-order valence-electron chi connectivity index (χ4n) is 4.01. The fraction of sp³-hybridized carbons (Fsp3) is 0.381. The van der Waals surface area contributed by atoms with E-state index in [1.165, 1.54) is 4.31 Å². The topological polar surface area (TPSA) is 63.7 Å². The molecular weight excluding hydrogens is 362 g/mol. The van der Waals surface area contributed by atoms with Gasteiger partial charge in [-0.15, -0.1) is 0 Å². The summed E-state index contributed by atoms with van der Waals surface area (Å²) in [7, 11) is -3.81. The van der Waals surface area contributed by atoms with Gasteiger partial charge in [-0.05, 0) is 37.5 Å². The van der Waals surface area contributed by atoms with Crippen LogP contribution in [0.5, 0.6) is 0 Å². The summed E-state index contributed by atoms with van der Waals surface area (Å²) in [4.78, 5) is 12.6. The van der Waals surface area contributed by atoms with E-state index in [2.05, 4.69) is 0 Å². The predicted molar refractivity (Wildman–Crippen MR) is 101 cm³/mol. The molecule has 0 spiro atoms. The number of ketones is 1. The largest absolute Gasteiger partial charge is 0.359 e. The molecule has 1 heterocycles. The van der Waals surface area contributed by atoms with E-state index in [9.17, 15) is 13.2 Å². The van der Waals surface area contributed by atoms with Crippen molar-refractivity contribution in [3.05, 3.63) is 65.7 Å². The Hall–Kier alpha value is -2.02. The first-order valence-corrected chi connectivity index (χ1v) is 10.7. The molecule has 2 aromatic carbocycles. The first-order valence-electron chi connectivity index (χ1n) is 9.28. The molecule has 0 amide bonds. The molecule has 0 N–H and O–H groups in total. The summed E-state index contributed by atoms with van der Waals surface area (Å²) in [5, 5.41) is 0. The zero-order valence-corrected chi connectivity index (χ0v) is 16.1. The summed E-state index contributed by atoms with van der Waals surface area (Å²) >= 11 is 0. The number of hydrogen-bond acceptors (Lipinski definition) is 4. The molecule has 6 heteroatoms. The van der Waals surface area contributed by atoms with Crippen LogP contribution >= 0.6 is 0 Å². The van der Waals surface area contributed by atoms with Gasteiger partial charge in [0.25, 0.3) is 0 Å². The van der Waals surface area contributed by atoms with Gasteiger partial charge < -0.3 is 4.74 Å². The molecule has 142 valence electrons. The Morgan fingerprint density at radius 2 is 1.74 bits per heavy atom. The van der Waals surface area contributed by atoms with E-state index in [-0.39, 0.29) is 23.2 Å². The van der Waals surface area contributed by atoms with Crippen molar-refractivity contribution in [1.29, 1.82) is 0 Å². The molecule has 0 aromatic heterocycles. The van der Waals surface area contributed by atoms with E-state index in [0.717, 1.165) is 17.5 Å². The van der Waals surface area contributed by atoms with Crippen LogP contribution in [0.4, 0.5) is 0 Å². The van der Waals surface area contributed by atoms with Crippen LogP contribution in [-0.4, -0.2) is 31.3 Å². The highest BCUT2D eigenvalue weighted by molar-refractivity contribution is 7.89. The predicted octanol–water partition coefficient (Wildman–Crippen LogP) is 3.45. The van der Waals surface area contributed by atoms with Gasteiger partial charge in [0.15, 0.2) is 0 Å². The van der Waals surface area contributed by atoms with Crippen LogP contribution in [0.2, 0.25) is 0 Å². The van der Waals surface area contributed by atoms with E-state index in [0.29, 0.717) is 12.8 Å². The van der Waals surface area contributed by atoms with Crippen molar-refractivity contribution in [3.8, 4) is 0 Å². The van der Waals surface area contributed by atoms with E-state index < -0.39 is 22.3 Å². The minimum atomic E-state index is -3.81. The summed E-state index contributed by atoms with van der Waals surface area (Å²) in [6.45, 7) is 2.17. The molecule has 3 atom stereocenters. The average Bonchev–Trinajstić information content (AvgIpc) is 3.29. The summed E-state index contributed by atoms with van der Waals surface area (Å²) in [6, 6.07) is 15.9. The Bertz CT molecular complexity index is 924. The van der Waals surface area contributed by atoms with Crippen LogP contribution < -0.4 is 0 Å². The molecule has 0 radical (unpaired) electrons. The van der Waals surface area contributed by atoms with Crippen LogP contribution in [0.1, 0.15) is 36.4 Å². The van der Waals surface area contributed by atoms with Crippen molar-refractivity contribution in [2.75, 3.05) is 6.61 Å². The van der Waals surface area contributed by atoms with Crippen molar-refractivity contribution in [2.24, 2.45) is 5.92 Å². The van der Waals surface area contributed by atoms with Gasteiger partial charge >= 0.3 is 0 Å². The Kier molecular flexibility index (Phi) is 4.88. The second kappa shape index (κ2) is 7.19. The Morgan fingerprint density at radius 3 is 2.37 bits per heavy atom. The number of aryl methyl sites for hydroxylation is 1. The highest BCUT2D eigenvalue weighted by Gasteiger charge is 2.49. The lowest BCUT2D eigenvalue weighted by Crippen LogP contribution is -2.43. The van der Waals surface area contributed by atoms with Crippen molar-refractivity contribution in [1.82, 2.24) is 4.31 Å². The maximum absolute atomic E-state index is 13.5. The van der Waals surface area contributed by atoms with E-state index in [1.54, 1.807) is 24.3 Å². The van der Waals surface area contributed by atoms with E-state index in [4.69, 9.17) is 4.74 Å². The van der Waals surface area contributed by atoms with Gasteiger partial charge in [-0.3, -0.25) is 4.79 Å². The monoisotopic (exact) mass is 385 g/mol. The van der Waals surface area contributed by atoms with Crippen molar-refractivity contribution in [3.63, 3.8) is 0 Å². The third-order valence-corrected chi connectivity index (χ3v) is 7.34. The average molecular weight is 385 g/mol. The van der Waals surface area contributed by atoms with Gasteiger partial charge in [0.1, 0.15) is 12.0 Å². The van der Waals surface area contributed by atoms with Gasteiger partial charge in [-0.25, -0.2) is 8.42 Å². The molecular formula is C21H23NO4S. The highest BCUT2D eigenvalue weighted by atomic mass is 32.2. The number of hydrogen-bond donors (Lipinski definition) is 0. The standard InChI is InChI=1S/C21H23NO4S/c1-15-10-12-17(13-11-15)27(24,25)22-19(16-6-3-2-4-7-16)14-26-21(22)18-8-5-9-20(18)23/h2-4,6-7,10-13,18-19,21H,5,8-9,14H2,1H3/t18-,19-,21+/m1/s1. The zero-order chi connectivity index (χ0) is 19.0. The Balaban J connectivity index is 1.78. The number of carbonyl (C=O) groups is 1. The molecule has 0 unspecified atom stereocenters. The maximum Gasteiger partial charge on any atom is 0.245 e. The van der Waals surface area contributed by atoms with Gasteiger partial charge in [-0.1, -0.05) is 48.0 Å². The van der Waals surface area contributed by atoms with Gasteiger partial charge in [0.05, 0.1) is 23.5 Å². The van der Waals surface area contributed by atoms with Crippen molar-refractivity contribution in [2.45, 2.75) is 43.4 Å². The normalized spacial score (nSPS) is 26.6. The number of Topliss-reactive ketones (excluding diaryl/α,β-unsaturated/α-hetero) is 1. The number of rotatable bonds is 4. The number of ether oxygens (including phenoxy) is 1. The quantitative estimate of drug-likeness (QED) is 0.809. The second-order valence-electron chi connectivity index (χ2n) is 7.26. The Labute approximate surface area is 160 Å². The van der Waals surface area contributed by atoms with Crippen LogP contribution in [-0.2, 0) is 19.6 Å². The van der Waals surface area contributed by atoms with E-state index in [1.807, 2.05) is 37.3 Å². The molecule has 1 saturated heterocycles. The first kappa shape index (κ1) is 18.3. The fourth-order valence-corrected chi connectivity index (χ4v) is 5.73. The molecule has 2 aliphatic rings. The second-order valence-corrected chi connectivity index (χ2v) is 9.11. The lowest BCUT2D eigenvalue weighted by Gasteiger charge is -2.30. The molecule has 1 aliphatic carbocycles. The van der Waals surface area contributed by atoms with Crippen LogP contribution in [0.3, 0.4) is 0 Å².